The fourth-order valence-electron chi connectivity index (χ4n) is 2.62. The number of aliphatic hydroxyl groups excluding tert-OH is 1. The second-order valence-electron chi connectivity index (χ2n) is 5.14. The lowest BCUT2D eigenvalue weighted by molar-refractivity contribution is -0.0178. The summed E-state index contributed by atoms with van der Waals surface area (Å²) < 4.78 is 10.8. The largest absolute Gasteiger partial charge is 0.383 e. The minimum atomic E-state index is -0.591. The van der Waals surface area contributed by atoms with Crippen molar-refractivity contribution in [1.29, 1.82) is 0 Å². The molecule has 0 radical (unpaired) electrons. The van der Waals surface area contributed by atoms with Crippen LogP contribution in [0.5, 0.6) is 0 Å². The van der Waals surface area contributed by atoms with Crippen molar-refractivity contribution in [2.75, 3.05) is 7.11 Å². The summed E-state index contributed by atoms with van der Waals surface area (Å²) in [6, 6.07) is 0. The minimum Gasteiger partial charge on any atom is -0.383 e. The van der Waals surface area contributed by atoms with E-state index >= 15 is 0 Å². The lowest BCUT2D eigenvalue weighted by atomic mass is 10.0. The fourth-order valence-corrected chi connectivity index (χ4v) is 2.62. The Morgan fingerprint density at radius 3 is 2.71 bits per heavy atom. The topological polar surface area (TPSA) is 68.4 Å². The molecule has 1 aromatic rings. The van der Waals surface area contributed by atoms with E-state index in [9.17, 15) is 5.11 Å². The molecule has 0 saturated heterocycles. The van der Waals surface area contributed by atoms with Crippen LogP contribution in [0.3, 0.4) is 0 Å². The van der Waals surface area contributed by atoms with E-state index in [1.165, 1.54) is 0 Å². The molecule has 0 aliphatic heterocycles. The van der Waals surface area contributed by atoms with Gasteiger partial charge in [0.25, 0.3) is 5.89 Å². The second-order valence-corrected chi connectivity index (χ2v) is 5.14. The zero-order valence-corrected chi connectivity index (χ0v) is 10.1. The third-order valence-electron chi connectivity index (χ3n) is 3.97. The van der Waals surface area contributed by atoms with Crippen molar-refractivity contribution < 1.29 is 14.4 Å². The van der Waals surface area contributed by atoms with Crippen LogP contribution in [0, 0.1) is 5.92 Å². The molecule has 2 fully saturated rings. The van der Waals surface area contributed by atoms with Gasteiger partial charge in [-0.05, 0) is 44.4 Å². The van der Waals surface area contributed by atoms with Gasteiger partial charge in [0.1, 0.15) is 11.7 Å². The number of aliphatic hydroxyl groups is 1. The molecule has 0 amide bonds. The third kappa shape index (κ3) is 1.87. The molecular weight excluding hydrogens is 220 g/mol. The molecule has 1 N–H and O–H groups in total. The Labute approximate surface area is 100 Å². The van der Waals surface area contributed by atoms with E-state index in [2.05, 4.69) is 10.1 Å². The van der Waals surface area contributed by atoms with Crippen molar-refractivity contribution in [3.05, 3.63) is 11.7 Å². The molecule has 2 aliphatic carbocycles. The molecule has 1 atom stereocenters. The summed E-state index contributed by atoms with van der Waals surface area (Å²) in [5.41, 5.74) is -0.384. The molecule has 1 heterocycles. The first-order chi connectivity index (χ1) is 8.25. The van der Waals surface area contributed by atoms with Gasteiger partial charge >= 0.3 is 0 Å². The molecule has 0 aromatic carbocycles. The van der Waals surface area contributed by atoms with E-state index in [1.54, 1.807) is 7.11 Å². The SMILES string of the molecule is COC1(c2noc(C(O)C3CC3)n2)CCCC1. The van der Waals surface area contributed by atoms with Crippen molar-refractivity contribution in [2.24, 2.45) is 5.92 Å². The zero-order valence-electron chi connectivity index (χ0n) is 10.1. The maximum Gasteiger partial charge on any atom is 0.255 e. The van der Waals surface area contributed by atoms with Crippen molar-refractivity contribution >= 4 is 0 Å². The Hall–Kier alpha value is -0.940. The molecule has 2 aliphatic rings. The predicted molar refractivity (Wildman–Crippen MR) is 59.1 cm³/mol. The predicted octanol–water partition coefficient (Wildman–Crippen LogP) is 1.93. The summed E-state index contributed by atoms with van der Waals surface area (Å²) in [6.45, 7) is 0. The van der Waals surface area contributed by atoms with E-state index < -0.39 is 6.10 Å². The van der Waals surface area contributed by atoms with E-state index in [0.717, 1.165) is 38.5 Å². The molecule has 0 spiro atoms. The van der Waals surface area contributed by atoms with Gasteiger partial charge in [-0.3, -0.25) is 0 Å². The summed E-state index contributed by atoms with van der Waals surface area (Å²) in [6.07, 6.45) is 5.63. The van der Waals surface area contributed by atoms with Gasteiger partial charge in [-0.1, -0.05) is 5.16 Å². The summed E-state index contributed by atoms with van der Waals surface area (Å²) in [5.74, 6) is 1.27. The molecule has 1 aromatic heterocycles. The molecule has 5 heteroatoms. The summed E-state index contributed by atoms with van der Waals surface area (Å²) in [5, 5.41) is 13.9. The quantitative estimate of drug-likeness (QED) is 0.868. The van der Waals surface area contributed by atoms with Gasteiger partial charge in [-0.2, -0.15) is 4.98 Å². The minimum absolute atomic E-state index is 0.311. The highest BCUT2D eigenvalue weighted by atomic mass is 16.5. The number of rotatable bonds is 4. The number of methoxy groups -OCH3 is 1. The maximum atomic E-state index is 9.94. The lowest BCUT2D eigenvalue weighted by Crippen LogP contribution is -2.26. The van der Waals surface area contributed by atoms with E-state index in [-0.39, 0.29) is 5.60 Å². The molecular formula is C12H18N2O3. The van der Waals surface area contributed by atoms with Crippen molar-refractivity contribution in [2.45, 2.75) is 50.2 Å². The molecule has 5 nitrogen and oxygen atoms in total. The van der Waals surface area contributed by atoms with E-state index in [4.69, 9.17) is 9.26 Å². The van der Waals surface area contributed by atoms with Crippen LogP contribution in [-0.2, 0) is 10.3 Å². The van der Waals surface area contributed by atoms with E-state index in [1.807, 2.05) is 0 Å². The first-order valence-corrected chi connectivity index (χ1v) is 6.32. The lowest BCUT2D eigenvalue weighted by Gasteiger charge is -2.22. The monoisotopic (exact) mass is 238 g/mol. The molecule has 94 valence electrons. The summed E-state index contributed by atoms with van der Waals surface area (Å²) in [4.78, 5) is 4.34. The molecule has 2 saturated carbocycles. The standard InChI is InChI=1S/C12H18N2O3/c1-16-12(6-2-3-7-12)11-13-10(17-14-11)9(15)8-4-5-8/h8-9,15H,2-7H2,1H3. The van der Waals surface area contributed by atoms with Crippen LogP contribution in [0.25, 0.3) is 0 Å². The summed E-state index contributed by atoms with van der Waals surface area (Å²) >= 11 is 0. The van der Waals surface area contributed by atoms with Crippen LogP contribution in [0.15, 0.2) is 4.52 Å². The number of ether oxygens (including phenoxy) is 1. The highest BCUT2D eigenvalue weighted by Crippen LogP contribution is 2.43. The van der Waals surface area contributed by atoms with Crippen LogP contribution in [-0.4, -0.2) is 22.4 Å². The van der Waals surface area contributed by atoms with Gasteiger partial charge in [0.15, 0.2) is 0 Å². The van der Waals surface area contributed by atoms with Crippen molar-refractivity contribution in [3.8, 4) is 0 Å². The molecule has 3 rings (SSSR count). The Kier molecular flexibility index (Phi) is 2.67. The Bertz CT molecular complexity index is 394. The van der Waals surface area contributed by atoms with Gasteiger partial charge in [0.05, 0.1) is 0 Å². The number of hydrogen-bond acceptors (Lipinski definition) is 5. The van der Waals surface area contributed by atoms with Crippen LogP contribution in [0.1, 0.15) is 56.3 Å². The van der Waals surface area contributed by atoms with Crippen molar-refractivity contribution in [3.63, 3.8) is 0 Å². The Morgan fingerprint density at radius 2 is 2.12 bits per heavy atom. The first-order valence-electron chi connectivity index (χ1n) is 6.32. The molecule has 17 heavy (non-hydrogen) atoms. The fraction of sp³-hybridized carbons (Fsp3) is 0.833. The van der Waals surface area contributed by atoms with Crippen LogP contribution in [0.2, 0.25) is 0 Å². The first kappa shape index (κ1) is 11.2. The van der Waals surface area contributed by atoms with Gasteiger partial charge in [-0.15, -0.1) is 0 Å². The Morgan fingerprint density at radius 1 is 1.41 bits per heavy atom. The van der Waals surface area contributed by atoms with E-state index in [0.29, 0.717) is 17.6 Å². The van der Waals surface area contributed by atoms with Gasteiger partial charge in [0, 0.05) is 7.11 Å². The molecule has 0 bridgehead atoms. The number of aromatic nitrogens is 2. The highest BCUT2D eigenvalue weighted by molar-refractivity contribution is 5.06. The zero-order chi connectivity index (χ0) is 11.9. The number of nitrogens with zero attached hydrogens (tertiary/aromatic N) is 2. The van der Waals surface area contributed by atoms with Crippen LogP contribution in [0.4, 0.5) is 0 Å². The number of hydrogen-bond donors (Lipinski definition) is 1. The van der Waals surface area contributed by atoms with Crippen molar-refractivity contribution in [1.82, 2.24) is 10.1 Å². The third-order valence-corrected chi connectivity index (χ3v) is 3.97. The van der Waals surface area contributed by atoms with Gasteiger partial charge in [-0.25, -0.2) is 0 Å². The van der Waals surface area contributed by atoms with Gasteiger partial charge < -0.3 is 14.4 Å². The average molecular weight is 238 g/mol. The van der Waals surface area contributed by atoms with Crippen LogP contribution < -0.4 is 0 Å². The smallest absolute Gasteiger partial charge is 0.255 e. The maximum absolute atomic E-state index is 9.94. The molecule has 1 unspecified atom stereocenters. The normalized spacial score (nSPS) is 25.1. The van der Waals surface area contributed by atoms with Crippen LogP contribution >= 0.6 is 0 Å². The Balaban J connectivity index is 1.83. The summed E-state index contributed by atoms with van der Waals surface area (Å²) in [7, 11) is 1.69. The average Bonchev–Trinajstić information content (AvgIpc) is 2.90. The highest BCUT2D eigenvalue weighted by Gasteiger charge is 2.42. The van der Waals surface area contributed by atoms with Gasteiger partial charge in [0.2, 0.25) is 5.82 Å². The second kappa shape index (κ2) is 4.07.